The number of aliphatic hydroxyl groups is 2. The highest BCUT2D eigenvalue weighted by atomic mass is 32.2. The number of aromatic hydroxyl groups is 1. The van der Waals surface area contributed by atoms with Gasteiger partial charge in [0, 0.05) is 120 Å². The van der Waals surface area contributed by atoms with Gasteiger partial charge in [0.15, 0.2) is 17.2 Å². The fourth-order valence-corrected chi connectivity index (χ4v) is 16.8. The Morgan fingerprint density at radius 2 is 0.785 bits per heavy atom. The molecule has 3 amide bonds. The summed E-state index contributed by atoms with van der Waals surface area (Å²) in [6, 6.07) is 38.4. The topological polar surface area (TPSA) is 456 Å². The van der Waals surface area contributed by atoms with E-state index in [1.807, 2.05) is 60.7 Å². The van der Waals surface area contributed by atoms with Gasteiger partial charge in [-0.3, -0.25) is 51.3 Å². The molecule has 0 saturated carbocycles. The molecule has 8 aromatic carbocycles. The van der Waals surface area contributed by atoms with Gasteiger partial charge >= 0.3 is 24.4 Å². The standard InChI is InChI=1S/C32H30FN5O6S.C28H26FN3O5S.C24H22FN5O5S.2C4H7N2O2/c1-19-35-36-27(44-19)17-38-16-26-28(32(38)39)31(43-18-21-7-11-24(42-3)12-8-21)29-25(30(26)37(2)45(4,40)41)14-22(15-34-29)13-20-5-9-23(33)10-6-20;1-32(38(3,34)35)26-22-13-19(12-17-4-8-20(29)9-5-17)14-30-25(22)27(24-23(26)15-31-28(24)33)37-16-18-6-10-21(36-2)11-7-18;1-13-27-28-19(35-13)12-30-11-18-20(24(30)32)23(31)21-17(22(18)29(2)36(3,33)34)9-15(10-26-21)8-14-4-6-16(25)7-5-14;2*1-4-5-2-6(3-7)8-4/h5-12,14-15H,13,16-18H2,1-4H3;4-11,13-14H,12,15-16H2,1-3H3,(H,31,33);4-7,9-10,31H,8,11-12H2,1-3H3;2*2,7H,3H2,1H3/q;;;2*+1. The van der Waals surface area contributed by atoms with Crippen molar-refractivity contribution in [2.75, 3.05) is 67.0 Å². The molecule has 4 N–H and O–H groups in total. The molecule has 3 aliphatic heterocycles. The molecule has 0 unspecified atom stereocenters. The Kier molecular flexibility index (Phi) is 28.8. The molecule has 0 bridgehead atoms. The van der Waals surface area contributed by atoms with Gasteiger partial charge in [-0.2, -0.15) is 0 Å². The molecule has 0 saturated heterocycles. The Labute approximate surface area is 771 Å². The molecule has 3 aliphatic rings. The summed E-state index contributed by atoms with van der Waals surface area (Å²) in [6.07, 6.45) is 12.3. The van der Waals surface area contributed by atoms with Gasteiger partial charge in [0.25, 0.3) is 17.7 Å². The lowest BCUT2D eigenvalue weighted by Gasteiger charge is -2.24. The lowest BCUT2D eigenvalue weighted by atomic mass is 9.98. The van der Waals surface area contributed by atoms with Crippen molar-refractivity contribution in [1.29, 1.82) is 0 Å². The van der Waals surface area contributed by atoms with E-state index in [0.29, 0.717) is 115 Å². The van der Waals surface area contributed by atoms with Crippen molar-refractivity contribution in [1.82, 2.24) is 60.4 Å². The molecule has 7 aromatic heterocycles. The summed E-state index contributed by atoms with van der Waals surface area (Å²) < 4.78 is 166. The van der Waals surface area contributed by atoms with Crippen LogP contribution in [0.5, 0.6) is 28.7 Å². The van der Waals surface area contributed by atoms with Crippen LogP contribution in [0.15, 0.2) is 189 Å². The number of rotatable bonds is 26. The molecule has 37 nitrogen and oxygen atoms in total. The monoisotopic (exact) mass is 1910 g/mol. The number of halogens is 3. The second kappa shape index (κ2) is 40.6. The number of aliphatic hydroxyl groups excluding tert-OH is 2. The normalized spacial score (nSPS) is 12.6. The number of amides is 3. The molecule has 0 atom stereocenters. The van der Waals surface area contributed by atoms with E-state index in [4.69, 9.17) is 52.0 Å². The lowest BCUT2D eigenvalue weighted by molar-refractivity contribution is -0.887. The van der Waals surface area contributed by atoms with Crippen molar-refractivity contribution in [2.24, 2.45) is 0 Å². The molecular formula is C92H92F3N17O20S3+2. The zero-order valence-electron chi connectivity index (χ0n) is 74.9. The van der Waals surface area contributed by atoms with Gasteiger partial charge in [-0.25, -0.2) is 38.4 Å². The summed E-state index contributed by atoms with van der Waals surface area (Å²) in [5.74, 6) is 1.64. The van der Waals surface area contributed by atoms with E-state index in [0.717, 1.165) is 67.6 Å². The molecule has 0 radical (unpaired) electrons. The quantitative estimate of drug-likeness (QED) is 0.0366. The molecule has 18 rings (SSSR count). The van der Waals surface area contributed by atoms with Crippen molar-refractivity contribution in [3.05, 3.63) is 301 Å². The fourth-order valence-electron chi connectivity index (χ4n) is 15.2. The third-order valence-corrected chi connectivity index (χ3v) is 25.4. The molecule has 0 aliphatic carbocycles. The number of aromatic nitrogens is 11. The highest BCUT2D eigenvalue weighted by molar-refractivity contribution is 7.92. The van der Waals surface area contributed by atoms with E-state index in [1.165, 1.54) is 98.1 Å². The molecule has 15 aromatic rings. The Hall–Kier alpha value is -15.1. The zero-order chi connectivity index (χ0) is 96.6. The minimum Gasteiger partial charge on any atom is -0.505 e. The molecule has 702 valence electrons. The fraction of sp³-hybridized carbons (Fsp3) is 0.261. The van der Waals surface area contributed by atoms with Crippen LogP contribution in [0.3, 0.4) is 0 Å². The van der Waals surface area contributed by atoms with E-state index in [9.17, 15) is 57.9 Å². The maximum Gasteiger partial charge on any atom is 0.350 e. The number of nitrogens with zero attached hydrogens (tertiary/aromatic N) is 16. The molecule has 0 spiro atoms. The second-order valence-corrected chi connectivity index (χ2v) is 37.5. The van der Waals surface area contributed by atoms with Crippen LogP contribution in [0.1, 0.15) is 128 Å². The highest BCUT2D eigenvalue weighted by Crippen LogP contribution is 2.49. The number of anilines is 3. The van der Waals surface area contributed by atoms with Crippen molar-refractivity contribution >= 4 is 97.6 Å². The Morgan fingerprint density at radius 3 is 1.12 bits per heavy atom. The number of pyridine rings is 3. The average Bonchev–Trinajstić information content (AvgIpc) is 1.34. The van der Waals surface area contributed by atoms with Gasteiger partial charge in [0.2, 0.25) is 67.1 Å². The number of carbonyl (C=O) groups is 3. The Morgan fingerprint density at radius 1 is 0.444 bits per heavy atom. The van der Waals surface area contributed by atoms with Crippen molar-refractivity contribution in [3.8, 4) is 28.7 Å². The minimum absolute atomic E-state index is 0.00455. The SMILES string of the molecule is COc1ccc(COc2c3c(c(N(C)S(C)(=O)=O)c4cc(Cc5ccc(F)cc5)cnc24)CN(Cc2nnc(C)o2)C3=O)cc1.COc1ccc(COc2c3c(c(N(C)S(C)(=O)=O)c4cc(Cc5ccc(F)cc5)cnc24)CNC3=O)cc1.Cc1nc[n+](CO)o1.Cc1nc[n+](CO)o1.Cc1nnc(CN2Cc3c(c(O)c4ncc(Cc5ccc(F)cc5)cc4c3N(C)S(C)(=O)=O)C2=O)o1. The first-order chi connectivity index (χ1) is 64.3. The zero-order valence-corrected chi connectivity index (χ0v) is 77.4. The van der Waals surface area contributed by atoms with Gasteiger partial charge in [-0.15, -0.1) is 20.4 Å². The van der Waals surface area contributed by atoms with Crippen LogP contribution in [0.2, 0.25) is 0 Å². The van der Waals surface area contributed by atoms with Crippen LogP contribution in [-0.2, 0) is 109 Å². The van der Waals surface area contributed by atoms with Crippen LogP contribution >= 0.6 is 0 Å². The van der Waals surface area contributed by atoms with Crippen LogP contribution in [0, 0.1) is 45.1 Å². The second-order valence-electron chi connectivity index (χ2n) is 31.5. The third kappa shape index (κ3) is 22.1. The number of benzene rings is 8. The lowest BCUT2D eigenvalue weighted by Crippen LogP contribution is -2.29. The first kappa shape index (κ1) is 96.0. The Bertz CT molecular complexity index is 7280. The summed E-state index contributed by atoms with van der Waals surface area (Å²) in [5.41, 5.74) is 10.1. The first-order valence-corrected chi connectivity index (χ1v) is 46.9. The molecule has 10 heterocycles. The summed E-state index contributed by atoms with van der Waals surface area (Å²) >= 11 is 0. The van der Waals surface area contributed by atoms with Gasteiger partial charge in [0.05, 0.1) is 79.8 Å². The number of phenolic OH excluding ortho intramolecular Hbond substituents is 1. The van der Waals surface area contributed by atoms with E-state index >= 15 is 0 Å². The van der Waals surface area contributed by atoms with Crippen molar-refractivity contribution < 1.29 is 114 Å². The van der Waals surface area contributed by atoms with Gasteiger partial charge in [-0.05, 0) is 162 Å². The molecule has 0 fully saturated rings. The maximum atomic E-state index is 14.0. The van der Waals surface area contributed by atoms with Crippen LogP contribution in [0.25, 0.3) is 32.7 Å². The predicted molar refractivity (Wildman–Crippen MR) is 483 cm³/mol. The van der Waals surface area contributed by atoms with E-state index in [1.54, 1.807) is 103 Å². The number of hydrogen-bond acceptors (Lipinski definition) is 29. The van der Waals surface area contributed by atoms with Gasteiger partial charge in [-0.1, -0.05) is 60.7 Å². The van der Waals surface area contributed by atoms with E-state index < -0.39 is 36.0 Å². The summed E-state index contributed by atoms with van der Waals surface area (Å²) in [4.78, 5) is 64.4. The number of aryl methyl sites for hydroxylation is 4. The maximum absolute atomic E-state index is 14.0. The van der Waals surface area contributed by atoms with Gasteiger partial charge in [0.1, 0.15) is 58.7 Å². The van der Waals surface area contributed by atoms with E-state index in [-0.39, 0.29) is 140 Å². The first-order valence-electron chi connectivity index (χ1n) is 41.3. The van der Waals surface area contributed by atoms with E-state index in [2.05, 4.69) is 45.6 Å². The number of sulfonamides is 3. The largest absolute Gasteiger partial charge is 0.505 e. The number of methoxy groups -OCH3 is 2. The molecule has 43 heteroatoms. The number of ether oxygens (including phenoxy) is 4. The minimum atomic E-state index is -3.77. The summed E-state index contributed by atoms with van der Waals surface area (Å²) in [5, 5.41) is 47.6. The number of fused-ring (bicyclic) bond motifs is 6. The van der Waals surface area contributed by atoms with Crippen molar-refractivity contribution in [3.63, 3.8) is 0 Å². The molecule has 135 heavy (non-hydrogen) atoms. The van der Waals surface area contributed by atoms with Gasteiger partial charge < -0.3 is 58.2 Å². The third-order valence-electron chi connectivity index (χ3n) is 21.8. The molecular weight excluding hydrogens is 1820 g/mol. The van der Waals surface area contributed by atoms with Crippen LogP contribution < -0.4 is 46.7 Å². The smallest absolute Gasteiger partial charge is 0.350 e. The summed E-state index contributed by atoms with van der Waals surface area (Å²) in [7, 11) is -3.71. The van der Waals surface area contributed by atoms with Crippen LogP contribution in [0.4, 0.5) is 30.2 Å². The Balaban J connectivity index is 0.000000150. The summed E-state index contributed by atoms with van der Waals surface area (Å²) in [6.45, 7) is 6.95. The number of carbonyl (C=O) groups excluding carboxylic acids is 3. The van der Waals surface area contributed by atoms with Crippen LogP contribution in [-0.4, -0.2) is 168 Å². The van der Waals surface area contributed by atoms with Crippen molar-refractivity contribution in [2.45, 2.75) is 106 Å². The predicted octanol–water partition coefficient (Wildman–Crippen LogP) is 10.3. The number of nitrogens with one attached hydrogen (secondary N) is 1. The highest BCUT2D eigenvalue weighted by Gasteiger charge is 2.42. The number of phenols is 1. The number of hydrogen-bond donors (Lipinski definition) is 4. The average molecular weight is 1910 g/mol.